The van der Waals surface area contributed by atoms with Gasteiger partial charge < -0.3 is 5.32 Å². The molecule has 1 N–H and O–H groups in total. The van der Waals surface area contributed by atoms with E-state index < -0.39 is 0 Å². The molecular formula is C10H18ClNO. The van der Waals surface area contributed by atoms with Crippen molar-refractivity contribution in [1.82, 2.24) is 5.32 Å². The topological polar surface area (TPSA) is 29.1 Å². The second-order valence-electron chi connectivity index (χ2n) is 4.39. The third-order valence-electron chi connectivity index (χ3n) is 2.46. The van der Waals surface area contributed by atoms with Crippen molar-refractivity contribution in [1.29, 1.82) is 0 Å². The molecule has 0 aromatic carbocycles. The summed E-state index contributed by atoms with van der Waals surface area (Å²) in [5.41, 5.74) is -0.0321. The van der Waals surface area contributed by atoms with Gasteiger partial charge in [-0.15, -0.1) is 11.6 Å². The fraction of sp³-hybridized carbons (Fsp3) is 0.900. The van der Waals surface area contributed by atoms with Crippen molar-refractivity contribution >= 4 is 17.5 Å². The summed E-state index contributed by atoms with van der Waals surface area (Å²) in [5.74, 6) is 1.31. The minimum Gasteiger partial charge on any atom is -0.349 e. The normalized spacial score (nSPS) is 18.8. The molecule has 1 rings (SSSR count). The van der Waals surface area contributed by atoms with Gasteiger partial charge in [-0.05, 0) is 25.2 Å². The van der Waals surface area contributed by atoms with Gasteiger partial charge >= 0.3 is 0 Å². The molecule has 2 nitrogen and oxygen atoms in total. The zero-order valence-electron chi connectivity index (χ0n) is 8.40. The summed E-state index contributed by atoms with van der Waals surface area (Å²) in [6, 6.07) is 0. The number of hydrogen-bond acceptors (Lipinski definition) is 1. The molecule has 1 aliphatic carbocycles. The molecule has 0 saturated heterocycles. The third-order valence-corrected chi connectivity index (χ3v) is 2.97. The molecule has 3 heteroatoms. The molecule has 0 radical (unpaired) electrons. The van der Waals surface area contributed by atoms with Gasteiger partial charge in [-0.25, -0.2) is 0 Å². The van der Waals surface area contributed by atoms with Crippen LogP contribution in [0.15, 0.2) is 0 Å². The monoisotopic (exact) mass is 203 g/mol. The molecule has 1 amide bonds. The maximum Gasteiger partial charge on any atom is 0.220 e. The van der Waals surface area contributed by atoms with E-state index in [0.29, 0.717) is 18.2 Å². The number of amides is 1. The Morgan fingerprint density at radius 1 is 1.54 bits per heavy atom. The van der Waals surface area contributed by atoms with Gasteiger partial charge in [-0.2, -0.15) is 0 Å². The van der Waals surface area contributed by atoms with Crippen molar-refractivity contribution < 1.29 is 4.79 Å². The van der Waals surface area contributed by atoms with Crippen LogP contribution in [0.1, 0.15) is 39.5 Å². The van der Waals surface area contributed by atoms with Crippen LogP contribution in [0.4, 0.5) is 0 Å². The van der Waals surface area contributed by atoms with E-state index in [1.807, 2.05) is 0 Å². The van der Waals surface area contributed by atoms with E-state index in [9.17, 15) is 4.79 Å². The van der Waals surface area contributed by atoms with Crippen LogP contribution in [0, 0.1) is 5.92 Å². The van der Waals surface area contributed by atoms with E-state index in [1.165, 1.54) is 0 Å². The highest BCUT2D eigenvalue weighted by molar-refractivity contribution is 6.19. The Kier molecular flexibility index (Phi) is 3.60. The van der Waals surface area contributed by atoms with Crippen molar-refractivity contribution in [2.75, 3.05) is 5.88 Å². The van der Waals surface area contributed by atoms with Gasteiger partial charge in [-0.3, -0.25) is 4.79 Å². The summed E-state index contributed by atoms with van der Waals surface area (Å²) in [6.45, 7) is 4.25. The van der Waals surface area contributed by atoms with Crippen LogP contribution >= 0.6 is 11.6 Å². The minimum atomic E-state index is -0.0321. The lowest BCUT2D eigenvalue weighted by Crippen LogP contribution is -2.38. The summed E-state index contributed by atoms with van der Waals surface area (Å²) >= 11 is 5.75. The second-order valence-corrected chi connectivity index (χ2v) is 4.66. The Balaban J connectivity index is 2.18. The summed E-state index contributed by atoms with van der Waals surface area (Å²) in [5, 5.41) is 3.00. The molecule has 0 aliphatic heterocycles. The molecular weight excluding hydrogens is 186 g/mol. The first-order valence-corrected chi connectivity index (χ1v) is 5.48. The molecule has 0 aromatic heterocycles. The second kappa shape index (κ2) is 4.32. The number of rotatable bonds is 5. The lowest BCUT2D eigenvalue weighted by molar-refractivity contribution is -0.122. The molecule has 0 heterocycles. The Morgan fingerprint density at radius 2 is 2.15 bits per heavy atom. The van der Waals surface area contributed by atoms with Gasteiger partial charge in [0.1, 0.15) is 0 Å². The molecule has 0 bridgehead atoms. The third kappa shape index (κ3) is 3.55. The Morgan fingerprint density at radius 3 is 2.54 bits per heavy atom. The highest BCUT2D eigenvalue weighted by Gasteiger charge is 2.42. The van der Waals surface area contributed by atoms with E-state index in [-0.39, 0.29) is 11.4 Å². The lowest BCUT2D eigenvalue weighted by atomic mass is 10.1. The zero-order valence-corrected chi connectivity index (χ0v) is 9.16. The number of carbonyl (C=O) groups excluding carboxylic acids is 1. The number of nitrogens with one attached hydrogen (secondary N) is 1. The van der Waals surface area contributed by atoms with Crippen molar-refractivity contribution in [2.45, 2.75) is 45.1 Å². The molecule has 1 aliphatic rings. The van der Waals surface area contributed by atoms with Gasteiger partial charge in [0.2, 0.25) is 5.91 Å². The van der Waals surface area contributed by atoms with E-state index in [0.717, 1.165) is 19.3 Å². The number of hydrogen-bond donors (Lipinski definition) is 1. The average molecular weight is 204 g/mol. The summed E-state index contributed by atoms with van der Waals surface area (Å²) in [6.07, 6.45) is 3.69. The minimum absolute atomic E-state index is 0.0321. The quantitative estimate of drug-likeness (QED) is 0.683. The number of alkyl halides is 1. The Bertz CT molecular complexity index is 187. The van der Waals surface area contributed by atoms with Crippen LogP contribution in [0.5, 0.6) is 0 Å². The molecule has 76 valence electrons. The van der Waals surface area contributed by atoms with Gasteiger partial charge in [0.15, 0.2) is 0 Å². The fourth-order valence-corrected chi connectivity index (χ4v) is 1.56. The van der Waals surface area contributed by atoms with Crippen LogP contribution in [-0.4, -0.2) is 17.3 Å². The molecule has 0 spiro atoms. The fourth-order valence-electron chi connectivity index (χ4n) is 1.22. The lowest BCUT2D eigenvalue weighted by Gasteiger charge is -2.14. The zero-order chi connectivity index (χ0) is 9.90. The van der Waals surface area contributed by atoms with Crippen molar-refractivity contribution in [2.24, 2.45) is 5.92 Å². The summed E-state index contributed by atoms with van der Waals surface area (Å²) < 4.78 is 0. The van der Waals surface area contributed by atoms with E-state index in [4.69, 9.17) is 11.6 Å². The van der Waals surface area contributed by atoms with Crippen LogP contribution in [-0.2, 0) is 4.79 Å². The largest absolute Gasteiger partial charge is 0.349 e. The van der Waals surface area contributed by atoms with E-state index in [2.05, 4.69) is 19.2 Å². The van der Waals surface area contributed by atoms with Crippen LogP contribution in [0.25, 0.3) is 0 Å². The van der Waals surface area contributed by atoms with Gasteiger partial charge in [0, 0.05) is 12.3 Å². The number of carbonyl (C=O) groups is 1. The highest BCUT2D eigenvalue weighted by Crippen LogP contribution is 2.36. The van der Waals surface area contributed by atoms with Crippen molar-refractivity contribution in [3.05, 3.63) is 0 Å². The molecule has 1 fully saturated rings. The molecule has 0 atom stereocenters. The highest BCUT2D eigenvalue weighted by atomic mass is 35.5. The SMILES string of the molecule is CC(C)CCC(=O)NC1(CCl)CC1. The standard InChI is InChI=1S/C10H18ClNO/c1-8(2)3-4-9(13)12-10(7-11)5-6-10/h8H,3-7H2,1-2H3,(H,12,13). The van der Waals surface area contributed by atoms with Crippen LogP contribution in [0.3, 0.4) is 0 Å². The van der Waals surface area contributed by atoms with Gasteiger partial charge in [0.25, 0.3) is 0 Å². The first-order valence-electron chi connectivity index (χ1n) is 4.95. The Labute approximate surface area is 85.0 Å². The average Bonchev–Trinajstić information content (AvgIpc) is 2.82. The molecule has 0 unspecified atom stereocenters. The first-order chi connectivity index (χ1) is 6.08. The molecule has 0 aromatic rings. The predicted octanol–water partition coefficient (Wildman–Crippen LogP) is 2.31. The van der Waals surface area contributed by atoms with E-state index in [1.54, 1.807) is 0 Å². The summed E-state index contributed by atoms with van der Waals surface area (Å²) in [7, 11) is 0. The van der Waals surface area contributed by atoms with E-state index >= 15 is 0 Å². The number of halogens is 1. The maximum absolute atomic E-state index is 11.4. The first kappa shape index (κ1) is 10.8. The maximum atomic E-state index is 11.4. The van der Waals surface area contributed by atoms with Crippen LogP contribution in [0.2, 0.25) is 0 Å². The van der Waals surface area contributed by atoms with Gasteiger partial charge in [-0.1, -0.05) is 13.8 Å². The van der Waals surface area contributed by atoms with Crippen molar-refractivity contribution in [3.8, 4) is 0 Å². The molecule has 13 heavy (non-hydrogen) atoms. The Hall–Kier alpha value is -0.240. The van der Waals surface area contributed by atoms with Crippen LogP contribution < -0.4 is 5.32 Å². The summed E-state index contributed by atoms with van der Waals surface area (Å²) in [4.78, 5) is 11.4. The smallest absolute Gasteiger partial charge is 0.220 e. The van der Waals surface area contributed by atoms with Crippen molar-refractivity contribution in [3.63, 3.8) is 0 Å². The predicted molar refractivity (Wildman–Crippen MR) is 54.9 cm³/mol. The molecule has 1 saturated carbocycles. The van der Waals surface area contributed by atoms with Gasteiger partial charge in [0.05, 0.1) is 5.54 Å².